The van der Waals surface area contributed by atoms with Crippen molar-refractivity contribution in [2.24, 2.45) is 0 Å². The summed E-state index contributed by atoms with van der Waals surface area (Å²) >= 11 is 0. The molecule has 0 amide bonds. The molecule has 1 aliphatic rings. The quantitative estimate of drug-likeness (QED) is 0.776. The number of benzene rings is 1. The number of methoxy groups -OCH3 is 2. The fraction of sp³-hybridized carbons (Fsp3) is 0.429. The molecule has 0 aliphatic heterocycles. The van der Waals surface area contributed by atoms with E-state index in [-0.39, 0.29) is 0 Å². The number of hydrogen-bond donors (Lipinski definition) is 0. The zero-order valence-electron chi connectivity index (χ0n) is 10.6. The molecule has 0 radical (unpaired) electrons. The maximum atomic E-state index is 5.33. The standard InChI is InChI=1S/C14H16N2O2/c1-17-14(18-2)13-12(9-7-8-9)15-10-5-3-4-6-11(10)16-13/h3-6,9,14H,7-8H2,1-2H3. The van der Waals surface area contributed by atoms with E-state index >= 15 is 0 Å². The fourth-order valence-corrected chi connectivity index (χ4v) is 2.18. The highest BCUT2D eigenvalue weighted by Crippen LogP contribution is 2.42. The van der Waals surface area contributed by atoms with Gasteiger partial charge in [0.1, 0.15) is 5.69 Å². The van der Waals surface area contributed by atoms with Gasteiger partial charge in [-0.1, -0.05) is 12.1 Å². The topological polar surface area (TPSA) is 44.2 Å². The number of aromatic nitrogens is 2. The van der Waals surface area contributed by atoms with Gasteiger partial charge in [-0.3, -0.25) is 0 Å². The Kier molecular flexibility index (Phi) is 2.97. The molecule has 2 aromatic rings. The van der Waals surface area contributed by atoms with E-state index < -0.39 is 6.29 Å². The van der Waals surface area contributed by atoms with E-state index in [1.807, 2.05) is 24.3 Å². The van der Waals surface area contributed by atoms with Gasteiger partial charge in [-0.2, -0.15) is 0 Å². The minimum atomic E-state index is -0.433. The summed E-state index contributed by atoms with van der Waals surface area (Å²) in [5.41, 5.74) is 3.67. The molecule has 0 atom stereocenters. The minimum Gasteiger partial charge on any atom is -0.350 e. The monoisotopic (exact) mass is 244 g/mol. The van der Waals surface area contributed by atoms with Crippen LogP contribution in [0.5, 0.6) is 0 Å². The van der Waals surface area contributed by atoms with Crippen molar-refractivity contribution in [3.05, 3.63) is 35.7 Å². The molecule has 0 unspecified atom stereocenters. The third kappa shape index (κ3) is 1.98. The molecule has 1 saturated carbocycles. The number of hydrogen-bond acceptors (Lipinski definition) is 4. The Morgan fingerprint density at radius 3 is 2.22 bits per heavy atom. The first-order valence-corrected chi connectivity index (χ1v) is 6.15. The number of nitrogens with zero attached hydrogens (tertiary/aromatic N) is 2. The zero-order chi connectivity index (χ0) is 12.5. The number of para-hydroxylation sites is 2. The van der Waals surface area contributed by atoms with Crippen LogP contribution in [0.15, 0.2) is 24.3 Å². The van der Waals surface area contributed by atoms with Gasteiger partial charge in [0, 0.05) is 20.1 Å². The molecule has 3 rings (SSSR count). The van der Waals surface area contributed by atoms with Crippen LogP contribution < -0.4 is 0 Å². The van der Waals surface area contributed by atoms with Crippen molar-refractivity contribution in [1.29, 1.82) is 0 Å². The molecule has 0 saturated heterocycles. The van der Waals surface area contributed by atoms with Gasteiger partial charge in [0.05, 0.1) is 16.7 Å². The summed E-state index contributed by atoms with van der Waals surface area (Å²) < 4.78 is 10.7. The Labute approximate surface area is 106 Å². The maximum Gasteiger partial charge on any atom is 0.202 e. The van der Waals surface area contributed by atoms with Crippen molar-refractivity contribution in [2.45, 2.75) is 25.0 Å². The van der Waals surface area contributed by atoms with Crippen LogP contribution in [0, 0.1) is 0 Å². The highest BCUT2D eigenvalue weighted by atomic mass is 16.7. The summed E-state index contributed by atoms with van der Waals surface area (Å²) in [7, 11) is 3.25. The number of rotatable bonds is 4. The van der Waals surface area contributed by atoms with E-state index in [2.05, 4.69) is 4.98 Å². The zero-order valence-corrected chi connectivity index (χ0v) is 10.6. The van der Waals surface area contributed by atoms with Gasteiger partial charge in [-0.25, -0.2) is 9.97 Å². The lowest BCUT2D eigenvalue weighted by Gasteiger charge is -2.16. The average molecular weight is 244 g/mol. The van der Waals surface area contributed by atoms with Crippen molar-refractivity contribution >= 4 is 11.0 Å². The van der Waals surface area contributed by atoms with E-state index in [1.165, 1.54) is 12.8 Å². The molecule has 94 valence electrons. The van der Waals surface area contributed by atoms with Crippen molar-refractivity contribution in [3.63, 3.8) is 0 Å². The van der Waals surface area contributed by atoms with E-state index in [9.17, 15) is 0 Å². The number of ether oxygens (including phenoxy) is 2. The van der Waals surface area contributed by atoms with E-state index in [1.54, 1.807) is 14.2 Å². The molecule has 4 nitrogen and oxygen atoms in total. The second-order valence-electron chi connectivity index (χ2n) is 4.56. The summed E-state index contributed by atoms with van der Waals surface area (Å²) in [4.78, 5) is 9.40. The lowest BCUT2D eigenvalue weighted by Crippen LogP contribution is -2.11. The third-order valence-electron chi connectivity index (χ3n) is 3.24. The Morgan fingerprint density at radius 2 is 1.67 bits per heavy atom. The Bertz CT molecular complexity index is 563. The van der Waals surface area contributed by atoms with Gasteiger partial charge in [0.25, 0.3) is 0 Å². The lowest BCUT2D eigenvalue weighted by atomic mass is 10.2. The van der Waals surface area contributed by atoms with Gasteiger partial charge in [-0.15, -0.1) is 0 Å². The van der Waals surface area contributed by atoms with Crippen molar-refractivity contribution < 1.29 is 9.47 Å². The van der Waals surface area contributed by atoms with Gasteiger partial charge < -0.3 is 9.47 Å². The molecule has 18 heavy (non-hydrogen) atoms. The van der Waals surface area contributed by atoms with E-state index in [4.69, 9.17) is 14.5 Å². The van der Waals surface area contributed by atoms with E-state index in [0.29, 0.717) is 5.92 Å². The van der Waals surface area contributed by atoms with Crippen LogP contribution in [-0.4, -0.2) is 24.2 Å². The fourth-order valence-electron chi connectivity index (χ4n) is 2.18. The third-order valence-corrected chi connectivity index (χ3v) is 3.24. The Hall–Kier alpha value is -1.52. The molecule has 1 heterocycles. The highest BCUT2D eigenvalue weighted by Gasteiger charge is 2.31. The molecule has 0 N–H and O–H groups in total. The molecule has 0 spiro atoms. The van der Waals surface area contributed by atoms with Crippen LogP contribution in [0.4, 0.5) is 0 Å². The van der Waals surface area contributed by atoms with Crippen LogP contribution in [0.25, 0.3) is 11.0 Å². The predicted octanol–water partition coefficient (Wildman–Crippen LogP) is 2.80. The molecule has 1 fully saturated rings. The number of fused-ring (bicyclic) bond motifs is 1. The largest absolute Gasteiger partial charge is 0.350 e. The molecule has 1 aliphatic carbocycles. The van der Waals surface area contributed by atoms with E-state index in [0.717, 1.165) is 22.4 Å². The molecule has 1 aromatic carbocycles. The summed E-state index contributed by atoms with van der Waals surface area (Å²) in [5.74, 6) is 0.518. The van der Waals surface area contributed by atoms with Crippen molar-refractivity contribution in [1.82, 2.24) is 9.97 Å². The average Bonchev–Trinajstić information content (AvgIpc) is 3.24. The summed E-state index contributed by atoms with van der Waals surface area (Å²) in [6.45, 7) is 0. The molecule has 4 heteroatoms. The normalized spacial score (nSPS) is 15.5. The Balaban J connectivity index is 2.17. The predicted molar refractivity (Wildman–Crippen MR) is 68.3 cm³/mol. The molecule has 1 aromatic heterocycles. The minimum absolute atomic E-state index is 0.433. The highest BCUT2D eigenvalue weighted by molar-refractivity contribution is 5.74. The summed E-state index contributed by atoms with van der Waals surface area (Å²) in [6, 6.07) is 7.90. The molecular formula is C14H16N2O2. The maximum absolute atomic E-state index is 5.33. The summed E-state index contributed by atoms with van der Waals surface area (Å²) in [5, 5.41) is 0. The summed E-state index contributed by atoms with van der Waals surface area (Å²) in [6.07, 6.45) is 1.93. The Morgan fingerprint density at radius 1 is 1.06 bits per heavy atom. The van der Waals surface area contributed by atoms with Crippen LogP contribution >= 0.6 is 0 Å². The molecule has 0 bridgehead atoms. The first-order chi connectivity index (χ1) is 8.83. The van der Waals surface area contributed by atoms with Crippen LogP contribution in [0.3, 0.4) is 0 Å². The first kappa shape index (κ1) is 11.6. The SMILES string of the molecule is COC(OC)c1nc2ccccc2nc1C1CC1. The van der Waals surface area contributed by atoms with Crippen molar-refractivity contribution in [2.75, 3.05) is 14.2 Å². The smallest absolute Gasteiger partial charge is 0.202 e. The van der Waals surface area contributed by atoms with Gasteiger partial charge >= 0.3 is 0 Å². The van der Waals surface area contributed by atoms with Crippen LogP contribution in [0.2, 0.25) is 0 Å². The lowest BCUT2D eigenvalue weighted by molar-refractivity contribution is -0.109. The van der Waals surface area contributed by atoms with Gasteiger partial charge in [0.2, 0.25) is 6.29 Å². The van der Waals surface area contributed by atoms with Crippen molar-refractivity contribution in [3.8, 4) is 0 Å². The van der Waals surface area contributed by atoms with Gasteiger partial charge in [0.15, 0.2) is 0 Å². The van der Waals surface area contributed by atoms with Crippen LogP contribution in [-0.2, 0) is 9.47 Å². The molecular weight excluding hydrogens is 228 g/mol. The van der Waals surface area contributed by atoms with Crippen LogP contribution in [0.1, 0.15) is 36.4 Å². The second-order valence-corrected chi connectivity index (χ2v) is 4.56. The first-order valence-electron chi connectivity index (χ1n) is 6.15. The van der Waals surface area contributed by atoms with Gasteiger partial charge in [-0.05, 0) is 25.0 Å². The second kappa shape index (κ2) is 4.63.